The molecular formula is C30H33N5O2. The zero-order chi connectivity index (χ0) is 25.2. The molecule has 1 unspecified atom stereocenters. The molecular weight excluding hydrogens is 462 g/mol. The predicted octanol–water partition coefficient (Wildman–Crippen LogP) is 5.04. The largest absolute Gasteiger partial charge is 0.497 e. The van der Waals surface area contributed by atoms with E-state index in [1.165, 1.54) is 12.0 Å². The van der Waals surface area contributed by atoms with Gasteiger partial charge in [0.15, 0.2) is 0 Å². The summed E-state index contributed by atoms with van der Waals surface area (Å²) in [4.78, 5) is 7.21. The van der Waals surface area contributed by atoms with Gasteiger partial charge in [0.2, 0.25) is 0 Å². The van der Waals surface area contributed by atoms with Crippen LogP contribution in [-0.2, 0) is 17.9 Å². The van der Waals surface area contributed by atoms with Gasteiger partial charge in [-0.25, -0.2) is 4.68 Å². The SMILES string of the molecule is C=C[C@H]1CN2CC[C@H]1C[C@@H]2[C@H](OCc1cn(Cc2ccccc2)nn1)c1ccnc2ccc(OC)cc12. The van der Waals surface area contributed by atoms with Crippen molar-refractivity contribution in [1.29, 1.82) is 0 Å². The lowest BCUT2D eigenvalue weighted by atomic mass is 9.73. The number of pyridine rings is 1. The van der Waals surface area contributed by atoms with Crippen molar-refractivity contribution in [3.8, 4) is 5.75 Å². The third-order valence-corrected chi connectivity index (χ3v) is 7.98. The fourth-order valence-corrected chi connectivity index (χ4v) is 6.05. The topological polar surface area (TPSA) is 65.3 Å². The fourth-order valence-electron chi connectivity index (χ4n) is 6.05. The third kappa shape index (κ3) is 4.89. The average Bonchev–Trinajstić information content (AvgIpc) is 3.40. The molecule has 5 atom stereocenters. The highest BCUT2D eigenvalue weighted by Crippen LogP contribution is 2.43. The van der Waals surface area contributed by atoms with Gasteiger partial charge in [0.1, 0.15) is 11.4 Å². The maximum atomic E-state index is 6.77. The van der Waals surface area contributed by atoms with Crippen LogP contribution in [-0.4, -0.2) is 51.1 Å². The van der Waals surface area contributed by atoms with Gasteiger partial charge >= 0.3 is 0 Å². The number of nitrogens with zero attached hydrogens (tertiary/aromatic N) is 5. The highest BCUT2D eigenvalue weighted by Gasteiger charge is 2.43. The lowest BCUT2D eigenvalue weighted by Gasteiger charge is -2.51. The smallest absolute Gasteiger partial charge is 0.119 e. The molecule has 0 radical (unpaired) electrons. The first-order valence-corrected chi connectivity index (χ1v) is 13.1. The van der Waals surface area contributed by atoms with E-state index in [1.54, 1.807) is 7.11 Å². The van der Waals surface area contributed by atoms with Crippen molar-refractivity contribution in [2.75, 3.05) is 20.2 Å². The van der Waals surface area contributed by atoms with E-state index in [0.717, 1.165) is 47.4 Å². The van der Waals surface area contributed by atoms with Crippen LogP contribution < -0.4 is 4.74 Å². The normalized spacial score (nSPS) is 23.7. The molecule has 7 heteroatoms. The molecule has 4 aromatic rings. The fraction of sp³-hybridized carbons (Fsp3) is 0.367. The molecule has 190 valence electrons. The standard InChI is InChI=1S/C30H33N5O2/c1-3-22-18-34-14-12-23(22)15-29(34)30(26-11-13-31-28-10-9-25(36-2)16-27(26)28)37-20-24-19-35(33-32-24)17-21-7-5-4-6-8-21/h3-11,13,16,19,22-23,29-30H,1,12,14-15,17-18,20H2,2H3/t22-,23-,29+,30+/m0/s1. The average molecular weight is 496 g/mol. The van der Waals surface area contributed by atoms with Crippen LogP contribution in [0.3, 0.4) is 0 Å². The molecule has 7 rings (SSSR count). The number of benzene rings is 2. The maximum absolute atomic E-state index is 6.77. The lowest BCUT2D eigenvalue weighted by molar-refractivity contribution is -0.0809. The van der Waals surface area contributed by atoms with Crippen molar-refractivity contribution < 1.29 is 9.47 Å². The Hall–Kier alpha value is -3.55. The van der Waals surface area contributed by atoms with Crippen LogP contribution in [0.15, 0.2) is 79.6 Å². The first kappa shape index (κ1) is 23.8. The van der Waals surface area contributed by atoms with E-state index in [9.17, 15) is 0 Å². The molecule has 0 amide bonds. The van der Waals surface area contributed by atoms with Crippen molar-refractivity contribution in [3.63, 3.8) is 0 Å². The highest BCUT2D eigenvalue weighted by atomic mass is 16.5. The number of methoxy groups -OCH3 is 1. The van der Waals surface area contributed by atoms with E-state index < -0.39 is 0 Å². The molecule has 2 bridgehead atoms. The predicted molar refractivity (Wildman–Crippen MR) is 143 cm³/mol. The van der Waals surface area contributed by atoms with Gasteiger partial charge in [-0.15, -0.1) is 11.7 Å². The Kier molecular flexibility index (Phi) is 6.72. The molecule has 2 aromatic carbocycles. The Balaban J connectivity index is 1.29. The summed E-state index contributed by atoms with van der Waals surface area (Å²) < 4.78 is 14.2. The number of hydrogen-bond acceptors (Lipinski definition) is 6. The van der Waals surface area contributed by atoms with Crippen molar-refractivity contribution >= 4 is 10.9 Å². The van der Waals surface area contributed by atoms with Crippen LogP contribution >= 0.6 is 0 Å². The number of rotatable bonds is 9. The van der Waals surface area contributed by atoms with Gasteiger partial charge in [-0.05, 0) is 66.6 Å². The summed E-state index contributed by atoms with van der Waals surface area (Å²) in [5.41, 5.74) is 4.11. The van der Waals surface area contributed by atoms with E-state index in [4.69, 9.17) is 9.47 Å². The molecule has 37 heavy (non-hydrogen) atoms. The number of fused-ring (bicyclic) bond motifs is 4. The van der Waals surface area contributed by atoms with Gasteiger partial charge in [0, 0.05) is 24.2 Å². The Morgan fingerprint density at radius 1 is 1.16 bits per heavy atom. The van der Waals surface area contributed by atoms with E-state index in [2.05, 4.69) is 57.1 Å². The second-order valence-corrected chi connectivity index (χ2v) is 10.2. The number of ether oxygens (including phenoxy) is 2. The summed E-state index contributed by atoms with van der Waals surface area (Å²) in [6, 6.07) is 18.7. The molecule has 5 heterocycles. The number of hydrogen-bond donors (Lipinski definition) is 0. The second-order valence-electron chi connectivity index (χ2n) is 10.2. The lowest BCUT2D eigenvalue weighted by Crippen LogP contribution is -2.55. The van der Waals surface area contributed by atoms with E-state index in [-0.39, 0.29) is 12.1 Å². The molecule has 0 aliphatic carbocycles. The quantitative estimate of drug-likeness (QED) is 0.303. The summed E-state index contributed by atoms with van der Waals surface area (Å²) >= 11 is 0. The molecule has 0 N–H and O–H groups in total. The Bertz CT molecular complexity index is 1370. The van der Waals surface area contributed by atoms with E-state index in [1.807, 2.05) is 47.4 Å². The number of aromatic nitrogens is 4. The van der Waals surface area contributed by atoms with Gasteiger partial charge in [-0.2, -0.15) is 0 Å². The molecule has 0 saturated carbocycles. The van der Waals surface area contributed by atoms with Gasteiger partial charge in [0.25, 0.3) is 0 Å². The molecule has 3 saturated heterocycles. The summed E-state index contributed by atoms with van der Waals surface area (Å²) in [7, 11) is 1.70. The first-order valence-electron chi connectivity index (χ1n) is 13.1. The minimum atomic E-state index is -0.120. The van der Waals surface area contributed by atoms with Gasteiger partial charge in [-0.3, -0.25) is 9.88 Å². The van der Waals surface area contributed by atoms with Crippen LogP contribution in [0.1, 0.15) is 35.8 Å². The van der Waals surface area contributed by atoms with Crippen LogP contribution in [0, 0.1) is 11.8 Å². The van der Waals surface area contributed by atoms with Crippen LogP contribution in [0.2, 0.25) is 0 Å². The van der Waals surface area contributed by atoms with Crippen LogP contribution in [0.25, 0.3) is 10.9 Å². The summed E-state index contributed by atoms with van der Waals surface area (Å²) in [5.74, 6) is 2.02. The van der Waals surface area contributed by atoms with Crippen molar-refractivity contribution in [3.05, 3.63) is 96.5 Å². The Morgan fingerprint density at radius 2 is 2.05 bits per heavy atom. The molecule has 0 spiro atoms. The van der Waals surface area contributed by atoms with Gasteiger partial charge in [0.05, 0.1) is 38.1 Å². The third-order valence-electron chi connectivity index (χ3n) is 7.98. The zero-order valence-electron chi connectivity index (χ0n) is 21.2. The molecule has 3 aliphatic rings. The Labute approximate surface area is 217 Å². The van der Waals surface area contributed by atoms with Crippen molar-refractivity contribution in [2.45, 2.75) is 38.1 Å². The minimum Gasteiger partial charge on any atom is -0.497 e. The molecule has 7 nitrogen and oxygen atoms in total. The van der Waals surface area contributed by atoms with Crippen LogP contribution in [0.4, 0.5) is 0 Å². The first-order chi connectivity index (χ1) is 18.2. The van der Waals surface area contributed by atoms with Crippen molar-refractivity contribution in [2.24, 2.45) is 11.8 Å². The zero-order valence-corrected chi connectivity index (χ0v) is 21.2. The van der Waals surface area contributed by atoms with Gasteiger partial charge < -0.3 is 9.47 Å². The van der Waals surface area contributed by atoms with Crippen molar-refractivity contribution in [1.82, 2.24) is 24.9 Å². The maximum Gasteiger partial charge on any atom is 0.119 e. The van der Waals surface area contributed by atoms with Gasteiger partial charge in [-0.1, -0.05) is 41.6 Å². The van der Waals surface area contributed by atoms with E-state index in [0.29, 0.717) is 25.0 Å². The number of piperidine rings is 3. The monoisotopic (exact) mass is 495 g/mol. The molecule has 3 aliphatic heterocycles. The van der Waals surface area contributed by atoms with Crippen LogP contribution in [0.5, 0.6) is 5.75 Å². The van der Waals surface area contributed by atoms with E-state index >= 15 is 0 Å². The summed E-state index contributed by atoms with van der Waals surface area (Å²) in [6.07, 6.45) is 8.21. The minimum absolute atomic E-state index is 0.120. The molecule has 3 fully saturated rings. The second kappa shape index (κ2) is 10.4. The molecule has 2 aromatic heterocycles. The summed E-state index contributed by atoms with van der Waals surface area (Å²) in [5, 5.41) is 9.83. The Morgan fingerprint density at radius 3 is 2.84 bits per heavy atom. The highest BCUT2D eigenvalue weighted by molar-refractivity contribution is 5.84. The summed E-state index contributed by atoms with van der Waals surface area (Å²) in [6.45, 7) is 7.32.